The first-order valence-corrected chi connectivity index (χ1v) is 6.23. The van der Waals surface area contributed by atoms with Crippen LogP contribution < -0.4 is 10.6 Å². The lowest BCUT2D eigenvalue weighted by Crippen LogP contribution is -2.37. The van der Waals surface area contributed by atoms with Crippen molar-refractivity contribution in [1.82, 2.24) is 10.3 Å². The number of phenolic OH excluding ortho intramolecular Hbond substituents is 1. The summed E-state index contributed by atoms with van der Waals surface area (Å²) in [5.74, 6) is 0.683. The number of carbonyl (C=O) groups is 1. The second-order valence-electron chi connectivity index (χ2n) is 4.33. The number of nitrogens with one attached hydrogen (secondary N) is 2. The number of hydrogen-bond donors (Lipinski definition) is 3. The van der Waals surface area contributed by atoms with Crippen molar-refractivity contribution in [3.8, 4) is 5.75 Å². The van der Waals surface area contributed by atoms with Crippen molar-refractivity contribution in [2.75, 3.05) is 11.9 Å². The van der Waals surface area contributed by atoms with Gasteiger partial charge in [0.2, 0.25) is 5.91 Å². The molecule has 100 valence electrons. The number of rotatable bonds is 4. The fraction of sp³-hybridized carbons (Fsp3) is 0.286. The minimum atomic E-state index is -0.389. The van der Waals surface area contributed by atoms with E-state index >= 15 is 0 Å². The van der Waals surface area contributed by atoms with Gasteiger partial charge < -0.3 is 15.7 Å². The molecule has 0 bridgehead atoms. The normalized spacial score (nSPS) is 12.1. The molecule has 1 heterocycles. The number of nitrogens with zero attached hydrogens (tertiary/aromatic N) is 1. The Morgan fingerprint density at radius 2 is 2.21 bits per heavy atom. The molecule has 1 aromatic heterocycles. The zero-order chi connectivity index (χ0) is 13.8. The van der Waals surface area contributed by atoms with Crippen molar-refractivity contribution < 1.29 is 9.90 Å². The van der Waals surface area contributed by atoms with Crippen LogP contribution in [0.2, 0.25) is 0 Å². The van der Waals surface area contributed by atoms with Gasteiger partial charge in [0.25, 0.3) is 0 Å². The number of phenols is 1. The second kappa shape index (κ2) is 5.56. The number of hydrogen-bond acceptors (Lipinski definition) is 4. The van der Waals surface area contributed by atoms with Crippen LogP contribution in [0.5, 0.6) is 5.75 Å². The number of anilines is 1. The monoisotopic (exact) mass is 259 g/mol. The third-order valence-electron chi connectivity index (χ3n) is 2.85. The average Bonchev–Trinajstić information content (AvgIpc) is 2.39. The van der Waals surface area contributed by atoms with Crippen molar-refractivity contribution in [3.63, 3.8) is 0 Å². The van der Waals surface area contributed by atoms with Crippen LogP contribution in [-0.4, -0.2) is 28.6 Å². The predicted octanol–water partition coefficient (Wildman–Crippen LogP) is 1.88. The minimum absolute atomic E-state index is 0.0820. The lowest BCUT2D eigenvalue weighted by Gasteiger charge is -2.15. The van der Waals surface area contributed by atoms with Gasteiger partial charge in [-0.25, -0.2) is 4.98 Å². The number of amides is 1. The van der Waals surface area contributed by atoms with Gasteiger partial charge in [-0.05, 0) is 37.4 Å². The molecule has 5 heteroatoms. The van der Waals surface area contributed by atoms with Gasteiger partial charge in [-0.15, -0.1) is 0 Å². The van der Waals surface area contributed by atoms with E-state index in [1.54, 1.807) is 25.3 Å². The van der Waals surface area contributed by atoms with Crippen molar-refractivity contribution in [2.24, 2.45) is 0 Å². The average molecular weight is 259 g/mol. The Morgan fingerprint density at radius 1 is 1.42 bits per heavy atom. The van der Waals surface area contributed by atoms with Crippen molar-refractivity contribution in [3.05, 3.63) is 30.5 Å². The third kappa shape index (κ3) is 2.93. The Hall–Kier alpha value is -2.30. The smallest absolute Gasteiger partial charge is 0.242 e. The van der Waals surface area contributed by atoms with Crippen molar-refractivity contribution in [1.29, 1.82) is 0 Å². The summed E-state index contributed by atoms with van der Waals surface area (Å²) in [6.45, 7) is 4.24. The number of pyridine rings is 1. The highest BCUT2D eigenvalue weighted by molar-refractivity contribution is 5.94. The molecule has 0 spiro atoms. The number of carbonyl (C=O) groups excluding carboxylic acids is 1. The molecule has 0 aliphatic carbocycles. The summed E-state index contributed by atoms with van der Waals surface area (Å²) in [5, 5.41) is 17.1. The van der Waals surface area contributed by atoms with E-state index in [1.165, 1.54) is 0 Å². The van der Waals surface area contributed by atoms with Gasteiger partial charge in [0, 0.05) is 18.1 Å². The van der Waals surface area contributed by atoms with Gasteiger partial charge in [-0.3, -0.25) is 4.79 Å². The molecule has 5 nitrogen and oxygen atoms in total. The van der Waals surface area contributed by atoms with Gasteiger partial charge in [0.1, 0.15) is 17.6 Å². The van der Waals surface area contributed by atoms with Gasteiger partial charge in [-0.2, -0.15) is 0 Å². The topological polar surface area (TPSA) is 74.2 Å². The molecule has 1 amide bonds. The summed E-state index contributed by atoms with van der Waals surface area (Å²) in [5.41, 5.74) is 0. The second-order valence-corrected chi connectivity index (χ2v) is 4.33. The highest BCUT2D eigenvalue weighted by Crippen LogP contribution is 2.25. The summed E-state index contributed by atoms with van der Waals surface area (Å²) in [6, 6.07) is 6.54. The van der Waals surface area contributed by atoms with Crippen LogP contribution in [0.3, 0.4) is 0 Å². The first kappa shape index (κ1) is 13.1. The Morgan fingerprint density at radius 3 is 2.95 bits per heavy atom. The Kier molecular flexibility index (Phi) is 3.85. The maximum atomic E-state index is 11.7. The predicted molar refractivity (Wildman–Crippen MR) is 75.2 cm³/mol. The van der Waals surface area contributed by atoms with Crippen molar-refractivity contribution in [2.45, 2.75) is 19.9 Å². The van der Waals surface area contributed by atoms with Gasteiger partial charge in [-0.1, -0.05) is 6.07 Å². The number of likely N-dealkylation sites (N-methyl/N-ethyl adjacent to an activating group) is 1. The van der Waals surface area contributed by atoms with E-state index in [0.717, 1.165) is 10.8 Å². The summed E-state index contributed by atoms with van der Waals surface area (Å²) in [6.07, 6.45) is 1.67. The quantitative estimate of drug-likeness (QED) is 0.783. The summed E-state index contributed by atoms with van der Waals surface area (Å²) >= 11 is 0. The molecule has 2 aromatic rings. The standard InChI is InChI=1S/C14H17N3O2/c1-3-15-14(19)9(2)17-13-12-8-11(18)5-4-10(12)6-7-16-13/h4-9,18H,3H2,1-2H3,(H,15,19)(H,16,17). The van der Waals surface area contributed by atoms with Crippen molar-refractivity contribution >= 4 is 22.5 Å². The molecule has 0 aliphatic heterocycles. The molecular formula is C14H17N3O2. The maximum Gasteiger partial charge on any atom is 0.242 e. The fourth-order valence-electron chi connectivity index (χ4n) is 1.87. The van der Waals surface area contributed by atoms with Crippen LogP contribution in [0.1, 0.15) is 13.8 Å². The van der Waals surface area contributed by atoms with E-state index in [4.69, 9.17) is 0 Å². The molecule has 3 N–H and O–H groups in total. The molecule has 1 unspecified atom stereocenters. The minimum Gasteiger partial charge on any atom is -0.508 e. The molecule has 0 radical (unpaired) electrons. The Bertz CT molecular complexity index is 598. The molecule has 19 heavy (non-hydrogen) atoms. The van der Waals surface area contributed by atoms with Crippen LogP contribution in [0.25, 0.3) is 10.8 Å². The van der Waals surface area contributed by atoms with Gasteiger partial charge in [0.15, 0.2) is 0 Å². The van der Waals surface area contributed by atoms with E-state index in [0.29, 0.717) is 12.4 Å². The Labute approximate surface area is 111 Å². The summed E-state index contributed by atoms with van der Waals surface area (Å²) in [7, 11) is 0. The zero-order valence-electron chi connectivity index (χ0n) is 11.0. The first-order chi connectivity index (χ1) is 9.11. The molecule has 0 fully saturated rings. The SMILES string of the molecule is CCNC(=O)C(C)Nc1nccc2ccc(O)cc12. The number of fused-ring (bicyclic) bond motifs is 1. The highest BCUT2D eigenvalue weighted by atomic mass is 16.3. The zero-order valence-corrected chi connectivity index (χ0v) is 11.0. The lowest BCUT2D eigenvalue weighted by molar-refractivity contribution is -0.121. The lowest BCUT2D eigenvalue weighted by atomic mass is 10.1. The molecule has 1 atom stereocenters. The molecule has 0 aliphatic rings. The van der Waals surface area contributed by atoms with E-state index in [-0.39, 0.29) is 17.7 Å². The third-order valence-corrected chi connectivity index (χ3v) is 2.85. The first-order valence-electron chi connectivity index (χ1n) is 6.23. The number of aromatic nitrogens is 1. The molecule has 2 rings (SSSR count). The summed E-state index contributed by atoms with van der Waals surface area (Å²) < 4.78 is 0. The fourth-order valence-corrected chi connectivity index (χ4v) is 1.87. The van der Waals surface area contributed by atoms with Crippen LogP contribution in [0, 0.1) is 0 Å². The van der Waals surface area contributed by atoms with Gasteiger partial charge >= 0.3 is 0 Å². The molecular weight excluding hydrogens is 242 g/mol. The number of aromatic hydroxyl groups is 1. The molecule has 0 saturated carbocycles. The molecule has 1 aromatic carbocycles. The highest BCUT2D eigenvalue weighted by Gasteiger charge is 2.13. The molecule has 0 saturated heterocycles. The van der Waals surface area contributed by atoms with Crippen LogP contribution in [-0.2, 0) is 4.79 Å². The summed E-state index contributed by atoms with van der Waals surface area (Å²) in [4.78, 5) is 15.9. The van der Waals surface area contributed by atoms with Crippen LogP contribution in [0.4, 0.5) is 5.82 Å². The maximum absolute atomic E-state index is 11.7. The van der Waals surface area contributed by atoms with Gasteiger partial charge in [0.05, 0.1) is 0 Å². The van der Waals surface area contributed by atoms with E-state index < -0.39 is 0 Å². The number of benzene rings is 1. The van der Waals surface area contributed by atoms with Crippen LogP contribution in [0.15, 0.2) is 30.5 Å². The van der Waals surface area contributed by atoms with E-state index in [2.05, 4.69) is 15.6 Å². The van der Waals surface area contributed by atoms with E-state index in [1.807, 2.05) is 19.1 Å². The Balaban J connectivity index is 2.30. The largest absolute Gasteiger partial charge is 0.508 e. The van der Waals surface area contributed by atoms with E-state index in [9.17, 15) is 9.90 Å². The van der Waals surface area contributed by atoms with Crippen LogP contribution >= 0.6 is 0 Å².